The summed E-state index contributed by atoms with van der Waals surface area (Å²) < 4.78 is 32.3. The fourth-order valence-corrected chi connectivity index (χ4v) is 2.43. The Bertz CT molecular complexity index is 335. The first-order valence-electron chi connectivity index (χ1n) is 5.69. The lowest BCUT2D eigenvalue weighted by atomic mass is 10.1. The predicted molar refractivity (Wildman–Crippen MR) is 68.3 cm³/mol. The van der Waals surface area contributed by atoms with Crippen LogP contribution in [0.15, 0.2) is 18.2 Å². The highest BCUT2D eigenvalue weighted by molar-refractivity contribution is 7.99. The standard InChI is InChI=1S/C13H18F2OS/c1-9(2)16-7-8-17-10(3)13-11(14)5-4-6-12(13)15/h4-6,9-10H,7-8H2,1-3H3/t10-/m1/s1. The summed E-state index contributed by atoms with van der Waals surface area (Å²) in [6.45, 7) is 6.33. The molecule has 0 heterocycles. The van der Waals surface area contributed by atoms with Crippen LogP contribution in [0.3, 0.4) is 0 Å². The smallest absolute Gasteiger partial charge is 0.130 e. The first-order chi connectivity index (χ1) is 8.02. The van der Waals surface area contributed by atoms with Gasteiger partial charge in [0.15, 0.2) is 0 Å². The molecule has 0 aliphatic heterocycles. The summed E-state index contributed by atoms with van der Waals surface area (Å²) in [6, 6.07) is 3.97. The van der Waals surface area contributed by atoms with Crippen molar-refractivity contribution >= 4 is 11.8 Å². The molecule has 0 radical (unpaired) electrons. The molecular formula is C13H18F2OS. The molecule has 0 unspecified atom stereocenters. The van der Waals surface area contributed by atoms with Crippen molar-refractivity contribution in [1.82, 2.24) is 0 Å². The summed E-state index contributed by atoms with van der Waals surface area (Å²) in [5.41, 5.74) is 0.155. The van der Waals surface area contributed by atoms with Crippen LogP contribution in [0.4, 0.5) is 8.78 Å². The second-order valence-corrected chi connectivity index (χ2v) is 5.52. The van der Waals surface area contributed by atoms with Gasteiger partial charge in [-0.1, -0.05) is 6.07 Å². The zero-order valence-corrected chi connectivity index (χ0v) is 11.2. The van der Waals surface area contributed by atoms with Crippen molar-refractivity contribution in [2.45, 2.75) is 32.1 Å². The monoisotopic (exact) mass is 260 g/mol. The van der Waals surface area contributed by atoms with E-state index in [9.17, 15) is 8.78 Å². The molecule has 0 amide bonds. The first kappa shape index (κ1) is 14.5. The lowest BCUT2D eigenvalue weighted by molar-refractivity contribution is 0.0920. The Morgan fingerprint density at radius 1 is 1.18 bits per heavy atom. The van der Waals surface area contributed by atoms with Gasteiger partial charge >= 0.3 is 0 Å². The van der Waals surface area contributed by atoms with E-state index in [1.807, 2.05) is 20.8 Å². The molecule has 1 atom stereocenters. The molecule has 1 aromatic carbocycles. The fraction of sp³-hybridized carbons (Fsp3) is 0.538. The Balaban J connectivity index is 2.49. The van der Waals surface area contributed by atoms with Crippen molar-refractivity contribution in [3.05, 3.63) is 35.4 Å². The average Bonchev–Trinajstić information content (AvgIpc) is 2.24. The molecule has 0 bridgehead atoms. The minimum Gasteiger partial charge on any atom is -0.378 e. The zero-order valence-electron chi connectivity index (χ0n) is 10.4. The van der Waals surface area contributed by atoms with Crippen LogP contribution in [-0.2, 0) is 4.74 Å². The Morgan fingerprint density at radius 3 is 2.29 bits per heavy atom. The van der Waals surface area contributed by atoms with Crippen LogP contribution in [0, 0.1) is 11.6 Å². The minimum atomic E-state index is -0.477. The summed E-state index contributed by atoms with van der Waals surface area (Å²) in [5.74, 6) is -0.225. The molecule has 96 valence electrons. The molecule has 0 fully saturated rings. The van der Waals surface area contributed by atoms with Gasteiger partial charge in [-0.2, -0.15) is 11.8 Å². The highest BCUT2D eigenvalue weighted by atomic mass is 32.2. The molecule has 0 aromatic heterocycles. The van der Waals surface area contributed by atoms with Gasteiger partial charge in [-0.3, -0.25) is 0 Å². The quantitative estimate of drug-likeness (QED) is 0.709. The van der Waals surface area contributed by atoms with Gasteiger partial charge in [0.1, 0.15) is 11.6 Å². The van der Waals surface area contributed by atoms with Gasteiger partial charge in [0, 0.05) is 16.6 Å². The van der Waals surface area contributed by atoms with Gasteiger partial charge in [0.2, 0.25) is 0 Å². The van der Waals surface area contributed by atoms with Crippen LogP contribution in [0.1, 0.15) is 31.6 Å². The van der Waals surface area contributed by atoms with E-state index in [2.05, 4.69) is 0 Å². The fourth-order valence-electron chi connectivity index (χ4n) is 1.49. The number of ether oxygens (including phenoxy) is 1. The van der Waals surface area contributed by atoms with Crippen molar-refractivity contribution in [1.29, 1.82) is 0 Å². The third kappa shape index (κ3) is 4.64. The van der Waals surface area contributed by atoms with Gasteiger partial charge in [-0.25, -0.2) is 8.78 Å². The summed E-state index contributed by atoms with van der Waals surface area (Å²) in [6.07, 6.45) is 0.191. The Labute approximate surface area is 106 Å². The van der Waals surface area contributed by atoms with Crippen LogP contribution in [0.2, 0.25) is 0 Å². The second-order valence-electron chi connectivity index (χ2n) is 4.07. The SMILES string of the molecule is CC(C)OCCS[C@H](C)c1c(F)cccc1F. The minimum absolute atomic E-state index is 0.155. The highest BCUT2D eigenvalue weighted by Gasteiger charge is 2.15. The van der Waals surface area contributed by atoms with Crippen LogP contribution in [-0.4, -0.2) is 18.5 Å². The lowest BCUT2D eigenvalue weighted by Crippen LogP contribution is -2.07. The zero-order chi connectivity index (χ0) is 12.8. The van der Waals surface area contributed by atoms with E-state index in [4.69, 9.17) is 4.74 Å². The van der Waals surface area contributed by atoms with Crippen molar-refractivity contribution in [2.24, 2.45) is 0 Å². The summed E-state index contributed by atoms with van der Waals surface area (Å²) in [7, 11) is 0. The Morgan fingerprint density at radius 2 is 1.76 bits per heavy atom. The number of rotatable bonds is 6. The van der Waals surface area contributed by atoms with Crippen LogP contribution < -0.4 is 0 Å². The number of benzene rings is 1. The van der Waals surface area contributed by atoms with Crippen molar-refractivity contribution in [2.75, 3.05) is 12.4 Å². The average molecular weight is 260 g/mol. The summed E-state index contributed by atoms with van der Waals surface area (Å²) in [5, 5.41) is -0.202. The molecular weight excluding hydrogens is 242 g/mol. The van der Waals surface area contributed by atoms with Gasteiger partial charge in [0.05, 0.1) is 12.7 Å². The van der Waals surface area contributed by atoms with E-state index in [0.29, 0.717) is 6.61 Å². The maximum atomic E-state index is 13.5. The van der Waals surface area contributed by atoms with E-state index in [-0.39, 0.29) is 16.9 Å². The molecule has 0 aliphatic rings. The maximum absolute atomic E-state index is 13.5. The Hall–Kier alpha value is -0.610. The molecule has 1 nitrogen and oxygen atoms in total. The molecule has 0 saturated carbocycles. The third-order valence-corrected chi connectivity index (χ3v) is 3.45. The molecule has 0 N–H and O–H groups in total. The molecule has 17 heavy (non-hydrogen) atoms. The van der Waals surface area contributed by atoms with Gasteiger partial charge in [0.25, 0.3) is 0 Å². The van der Waals surface area contributed by atoms with E-state index in [0.717, 1.165) is 5.75 Å². The van der Waals surface area contributed by atoms with Crippen LogP contribution in [0.25, 0.3) is 0 Å². The highest BCUT2D eigenvalue weighted by Crippen LogP contribution is 2.31. The van der Waals surface area contributed by atoms with E-state index in [1.165, 1.54) is 30.0 Å². The molecule has 4 heteroatoms. The second kappa shape index (κ2) is 6.97. The topological polar surface area (TPSA) is 9.23 Å². The molecule has 0 saturated heterocycles. The van der Waals surface area contributed by atoms with Crippen LogP contribution in [0.5, 0.6) is 0 Å². The molecule has 0 aliphatic carbocycles. The van der Waals surface area contributed by atoms with Crippen LogP contribution >= 0.6 is 11.8 Å². The molecule has 1 aromatic rings. The normalized spacial score (nSPS) is 13.1. The van der Waals surface area contributed by atoms with Crippen molar-refractivity contribution < 1.29 is 13.5 Å². The van der Waals surface area contributed by atoms with E-state index >= 15 is 0 Å². The number of hydrogen-bond acceptors (Lipinski definition) is 2. The number of thioether (sulfide) groups is 1. The van der Waals surface area contributed by atoms with Crippen molar-refractivity contribution in [3.8, 4) is 0 Å². The third-order valence-electron chi connectivity index (χ3n) is 2.31. The largest absolute Gasteiger partial charge is 0.378 e. The van der Waals surface area contributed by atoms with E-state index < -0.39 is 11.6 Å². The van der Waals surface area contributed by atoms with Gasteiger partial charge in [-0.15, -0.1) is 0 Å². The lowest BCUT2D eigenvalue weighted by Gasteiger charge is -2.14. The maximum Gasteiger partial charge on any atom is 0.130 e. The summed E-state index contributed by atoms with van der Waals surface area (Å²) in [4.78, 5) is 0. The van der Waals surface area contributed by atoms with Gasteiger partial charge in [-0.05, 0) is 32.9 Å². The summed E-state index contributed by atoms with van der Waals surface area (Å²) >= 11 is 1.49. The predicted octanol–water partition coefficient (Wildman–Crippen LogP) is 4.18. The molecule has 0 spiro atoms. The molecule has 1 rings (SSSR count). The number of halogens is 2. The number of hydrogen-bond donors (Lipinski definition) is 0. The first-order valence-corrected chi connectivity index (χ1v) is 6.74. The van der Waals surface area contributed by atoms with Crippen molar-refractivity contribution in [3.63, 3.8) is 0 Å². The van der Waals surface area contributed by atoms with Gasteiger partial charge < -0.3 is 4.74 Å². The Kier molecular flexibility index (Phi) is 5.92. The van der Waals surface area contributed by atoms with E-state index in [1.54, 1.807) is 0 Å².